The molecule has 1 aromatic carbocycles. The van der Waals surface area contributed by atoms with Gasteiger partial charge in [0.15, 0.2) is 5.72 Å². The number of amides is 1. The number of rotatable bonds is 1. The zero-order chi connectivity index (χ0) is 16.8. The number of likely N-dealkylation sites (tertiary alicyclic amines) is 1. The largest absolute Gasteiger partial charge is 0.444 e. The Morgan fingerprint density at radius 1 is 1.36 bits per heavy atom. The van der Waals surface area contributed by atoms with Crippen LogP contribution in [0.25, 0.3) is 0 Å². The fourth-order valence-corrected chi connectivity index (χ4v) is 2.40. The zero-order valence-electron chi connectivity index (χ0n) is 12.6. The summed E-state index contributed by atoms with van der Waals surface area (Å²) in [6.45, 7) is 3.76. The molecule has 1 amide bonds. The summed E-state index contributed by atoms with van der Waals surface area (Å²) in [5.74, 6) is -3.98. The summed E-state index contributed by atoms with van der Waals surface area (Å²) in [6, 6.07) is 4.63. The summed E-state index contributed by atoms with van der Waals surface area (Å²) < 4.78 is 45.9. The predicted octanol–water partition coefficient (Wildman–Crippen LogP) is 3.25. The van der Waals surface area contributed by atoms with Crippen LogP contribution in [0.4, 0.5) is 18.0 Å². The Morgan fingerprint density at radius 3 is 2.55 bits per heavy atom. The van der Waals surface area contributed by atoms with Crippen molar-refractivity contribution in [1.29, 1.82) is 0 Å². The van der Waals surface area contributed by atoms with E-state index in [9.17, 15) is 23.1 Å². The molecule has 2 rings (SSSR count). The average molecular weight is 317 g/mol. The van der Waals surface area contributed by atoms with Gasteiger partial charge in [0, 0.05) is 5.56 Å². The maximum Gasteiger partial charge on any atom is 0.413 e. The number of carbonyl (C=O) groups excluding carboxylic acids is 1. The second-order valence-electron chi connectivity index (χ2n) is 6.43. The number of halogens is 3. The SMILES string of the molecule is CC(C)(C)OC(=O)N1CC(F)(F)CC1(O)c1cccc(F)c1. The molecule has 1 aliphatic rings. The van der Waals surface area contributed by atoms with Gasteiger partial charge in [-0.3, -0.25) is 4.90 Å². The van der Waals surface area contributed by atoms with E-state index in [0.717, 1.165) is 12.1 Å². The lowest BCUT2D eigenvalue weighted by Crippen LogP contribution is -2.47. The number of carbonyl (C=O) groups is 1. The maximum absolute atomic E-state index is 13.8. The molecule has 1 fully saturated rings. The molecule has 1 aromatic rings. The highest BCUT2D eigenvalue weighted by Crippen LogP contribution is 2.44. The fourth-order valence-electron chi connectivity index (χ4n) is 2.40. The summed E-state index contributed by atoms with van der Waals surface area (Å²) in [4.78, 5) is 12.7. The third-order valence-electron chi connectivity index (χ3n) is 3.24. The van der Waals surface area contributed by atoms with E-state index in [1.54, 1.807) is 20.8 Å². The Morgan fingerprint density at radius 2 is 2.00 bits per heavy atom. The quantitative estimate of drug-likeness (QED) is 0.865. The first-order valence-corrected chi connectivity index (χ1v) is 6.80. The minimum atomic E-state index is -3.29. The smallest absolute Gasteiger partial charge is 0.413 e. The van der Waals surface area contributed by atoms with Crippen molar-refractivity contribution < 1.29 is 27.8 Å². The minimum Gasteiger partial charge on any atom is -0.444 e. The molecule has 0 bridgehead atoms. The molecular weight excluding hydrogens is 299 g/mol. The van der Waals surface area contributed by atoms with Gasteiger partial charge in [-0.15, -0.1) is 0 Å². The summed E-state index contributed by atoms with van der Waals surface area (Å²) in [5.41, 5.74) is -3.33. The van der Waals surface area contributed by atoms with E-state index in [0.29, 0.717) is 4.90 Å². The summed E-state index contributed by atoms with van der Waals surface area (Å²) >= 11 is 0. The number of nitrogens with zero attached hydrogens (tertiary/aromatic N) is 1. The second-order valence-corrected chi connectivity index (χ2v) is 6.43. The van der Waals surface area contributed by atoms with Crippen molar-refractivity contribution in [2.75, 3.05) is 6.54 Å². The van der Waals surface area contributed by atoms with E-state index in [1.807, 2.05) is 0 Å². The van der Waals surface area contributed by atoms with Crippen molar-refractivity contribution in [1.82, 2.24) is 4.90 Å². The van der Waals surface area contributed by atoms with Crippen molar-refractivity contribution in [3.8, 4) is 0 Å². The molecule has 1 atom stereocenters. The normalized spacial score (nSPS) is 24.4. The summed E-state index contributed by atoms with van der Waals surface area (Å²) in [7, 11) is 0. The van der Waals surface area contributed by atoms with Crippen LogP contribution >= 0.6 is 0 Å². The number of ether oxygens (including phenoxy) is 1. The number of aliphatic hydroxyl groups is 1. The molecule has 1 unspecified atom stereocenters. The molecule has 0 saturated carbocycles. The van der Waals surface area contributed by atoms with Crippen LogP contribution in [0.15, 0.2) is 24.3 Å². The van der Waals surface area contributed by atoms with Gasteiger partial charge in [-0.05, 0) is 32.9 Å². The summed E-state index contributed by atoms with van der Waals surface area (Å²) in [6.07, 6.45) is -2.08. The van der Waals surface area contributed by atoms with Crippen molar-refractivity contribution in [2.45, 2.75) is 44.4 Å². The molecule has 1 aliphatic heterocycles. The Hall–Kier alpha value is -1.76. The Kier molecular flexibility index (Phi) is 3.89. The van der Waals surface area contributed by atoms with Gasteiger partial charge in [0.25, 0.3) is 5.92 Å². The van der Waals surface area contributed by atoms with E-state index >= 15 is 0 Å². The monoisotopic (exact) mass is 317 g/mol. The van der Waals surface area contributed by atoms with E-state index in [2.05, 4.69) is 0 Å². The third-order valence-corrected chi connectivity index (χ3v) is 3.24. The molecule has 22 heavy (non-hydrogen) atoms. The van der Waals surface area contributed by atoms with Crippen LogP contribution in [0.5, 0.6) is 0 Å². The molecule has 0 spiro atoms. The number of hydrogen-bond acceptors (Lipinski definition) is 3. The van der Waals surface area contributed by atoms with Gasteiger partial charge in [0.2, 0.25) is 0 Å². The van der Waals surface area contributed by atoms with Gasteiger partial charge in [-0.25, -0.2) is 18.0 Å². The highest BCUT2D eigenvalue weighted by molar-refractivity contribution is 5.70. The standard InChI is InChI=1S/C15H18F3NO3/c1-13(2,3)22-12(20)19-9-14(17,18)8-15(19,21)10-5-4-6-11(16)7-10/h4-7,21H,8-9H2,1-3H3. The minimum absolute atomic E-state index is 0.115. The number of hydrogen-bond donors (Lipinski definition) is 1. The van der Waals surface area contributed by atoms with Gasteiger partial charge in [-0.2, -0.15) is 0 Å². The van der Waals surface area contributed by atoms with Crippen molar-refractivity contribution in [2.24, 2.45) is 0 Å². The molecule has 1 saturated heterocycles. The van der Waals surface area contributed by atoms with Gasteiger partial charge < -0.3 is 9.84 Å². The van der Waals surface area contributed by atoms with Crippen molar-refractivity contribution in [3.63, 3.8) is 0 Å². The summed E-state index contributed by atoms with van der Waals surface area (Å²) in [5, 5.41) is 10.6. The van der Waals surface area contributed by atoms with E-state index in [4.69, 9.17) is 4.74 Å². The van der Waals surface area contributed by atoms with Crippen LogP contribution in [0, 0.1) is 5.82 Å². The van der Waals surface area contributed by atoms with Crippen LogP contribution in [-0.4, -0.2) is 34.2 Å². The number of alkyl halides is 2. The molecule has 1 N–H and O–H groups in total. The topological polar surface area (TPSA) is 49.8 Å². The van der Waals surface area contributed by atoms with Crippen molar-refractivity contribution in [3.05, 3.63) is 35.6 Å². The van der Waals surface area contributed by atoms with Crippen LogP contribution in [0.2, 0.25) is 0 Å². The number of benzene rings is 1. The van der Waals surface area contributed by atoms with Crippen LogP contribution in [0.1, 0.15) is 32.8 Å². The average Bonchev–Trinajstić information content (AvgIpc) is 2.58. The van der Waals surface area contributed by atoms with Gasteiger partial charge in [-0.1, -0.05) is 12.1 Å². The van der Waals surface area contributed by atoms with E-state index in [1.165, 1.54) is 12.1 Å². The zero-order valence-corrected chi connectivity index (χ0v) is 12.6. The van der Waals surface area contributed by atoms with Gasteiger partial charge >= 0.3 is 6.09 Å². The molecule has 4 nitrogen and oxygen atoms in total. The molecular formula is C15H18F3NO3. The lowest BCUT2D eigenvalue weighted by molar-refractivity contribution is -0.0931. The first-order valence-electron chi connectivity index (χ1n) is 6.80. The van der Waals surface area contributed by atoms with Crippen molar-refractivity contribution >= 4 is 6.09 Å². The molecule has 7 heteroatoms. The highest BCUT2D eigenvalue weighted by atomic mass is 19.3. The lowest BCUT2D eigenvalue weighted by atomic mass is 9.99. The van der Waals surface area contributed by atoms with Crippen LogP contribution < -0.4 is 0 Å². The lowest BCUT2D eigenvalue weighted by Gasteiger charge is -2.34. The van der Waals surface area contributed by atoms with Crippen LogP contribution in [0.3, 0.4) is 0 Å². The molecule has 0 aromatic heterocycles. The fraction of sp³-hybridized carbons (Fsp3) is 0.533. The first kappa shape index (κ1) is 16.6. The maximum atomic E-state index is 13.8. The third kappa shape index (κ3) is 3.35. The van der Waals surface area contributed by atoms with E-state index < -0.39 is 42.1 Å². The highest BCUT2D eigenvalue weighted by Gasteiger charge is 2.58. The Labute approximate surface area is 126 Å². The van der Waals surface area contributed by atoms with E-state index in [-0.39, 0.29) is 5.56 Å². The molecule has 0 radical (unpaired) electrons. The molecule has 1 heterocycles. The second kappa shape index (κ2) is 5.15. The van der Waals surface area contributed by atoms with Crippen LogP contribution in [-0.2, 0) is 10.5 Å². The van der Waals surface area contributed by atoms with Gasteiger partial charge in [0.05, 0.1) is 13.0 Å². The molecule has 122 valence electrons. The molecule has 0 aliphatic carbocycles. The van der Waals surface area contributed by atoms with Gasteiger partial charge in [0.1, 0.15) is 11.4 Å². The first-order chi connectivity index (χ1) is 9.93. The Bertz CT molecular complexity index is 586. The predicted molar refractivity (Wildman–Crippen MR) is 72.8 cm³/mol. The Balaban J connectivity index is 2.40.